The van der Waals surface area contributed by atoms with Crippen LogP contribution in [0.3, 0.4) is 0 Å². The highest BCUT2D eigenvalue weighted by atomic mass is 16.2. The predicted molar refractivity (Wildman–Crippen MR) is 99.6 cm³/mol. The Morgan fingerprint density at radius 2 is 1.12 bits per heavy atom. The quantitative estimate of drug-likeness (QED) is 0.419. The van der Waals surface area contributed by atoms with Gasteiger partial charge < -0.3 is 5.73 Å². The zero-order valence-electron chi connectivity index (χ0n) is 13.8. The van der Waals surface area contributed by atoms with E-state index < -0.39 is 5.92 Å². The van der Waals surface area contributed by atoms with E-state index in [4.69, 9.17) is 5.73 Å². The third-order valence-corrected chi connectivity index (χ3v) is 4.17. The van der Waals surface area contributed by atoms with Crippen LogP contribution in [-0.4, -0.2) is 11.6 Å². The number of rotatable bonds is 6. The van der Waals surface area contributed by atoms with E-state index >= 15 is 0 Å². The molecule has 3 nitrogen and oxygen atoms in total. The second-order valence-corrected chi connectivity index (χ2v) is 5.96. The maximum Gasteiger partial charge on any atom is 0.174 e. The average molecular weight is 329 g/mol. The molecule has 0 saturated carbocycles. The van der Waals surface area contributed by atoms with Gasteiger partial charge in [-0.05, 0) is 24.1 Å². The summed E-state index contributed by atoms with van der Waals surface area (Å²) in [4.78, 5) is 26.0. The number of ketones is 2. The van der Waals surface area contributed by atoms with Crippen molar-refractivity contribution in [1.29, 1.82) is 0 Å². The standard InChI is InChI=1S/C22H19NO2/c23-19-13-11-16(12-14-19)15-20(21(24)17-7-3-1-4-8-17)22(25)18-9-5-2-6-10-18/h1-14,20H,15,23H2. The Morgan fingerprint density at radius 3 is 1.56 bits per heavy atom. The molecule has 0 unspecified atom stereocenters. The Balaban J connectivity index is 1.94. The largest absolute Gasteiger partial charge is 0.399 e. The first kappa shape index (κ1) is 16.7. The molecule has 0 heterocycles. The Morgan fingerprint density at radius 1 is 0.680 bits per heavy atom. The predicted octanol–water partition coefficient (Wildman–Crippen LogP) is 4.19. The average Bonchev–Trinajstić information content (AvgIpc) is 2.68. The van der Waals surface area contributed by atoms with Crippen molar-refractivity contribution in [3.63, 3.8) is 0 Å². The summed E-state index contributed by atoms with van der Waals surface area (Å²) in [5.41, 5.74) is 8.39. The number of hydrogen-bond acceptors (Lipinski definition) is 3. The number of nitrogen functional groups attached to an aromatic ring is 1. The normalized spacial score (nSPS) is 10.6. The van der Waals surface area contributed by atoms with Gasteiger partial charge in [-0.15, -0.1) is 0 Å². The number of nitrogens with two attached hydrogens (primary N) is 1. The van der Waals surface area contributed by atoms with E-state index in [1.807, 2.05) is 24.3 Å². The van der Waals surface area contributed by atoms with Crippen molar-refractivity contribution in [2.75, 3.05) is 5.73 Å². The van der Waals surface area contributed by atoms with Crippen molar-refractivity contribution in [3.05, 3.63) is 102 Å². The lowest BCUT2D eigenvalue weighted by atomic mass is 9.85. The highest BCUT2D eigenvalue weighted by Crippen LogP contribution is 2.20. The zero-order valence-corrected chi connectivity index (χ0v) is 13.8. The minimum atomic E-state index is -0.756. The molecule has 0 atom stereocenters. The summed E-state index contributed by atoms with van der Waals surface area (Å²) in [5, 5.41) is 0. The van der Waals surface area contributed by atoms with Gasteiger partial charge in [0.15, 0.2) is 11.6 Å². The molecule has 0 fully saturated rings. The molecule has 0 aliphatic heterocycles. The SMILES string of the molecule is Nc1ccc(CC(C(=O)c2ccccc2)C(=O)c2ccccc2)cc1. The number of hydrogen-bond donors (Lipinski definition) is 1. The van der Waals surface area contributed by atoms with E-state index in [0.29, 0.717) is 23.2 Å². The molecule has 3 heteroatoms. The van der Waals surface area contributed by atoms with Gasteiger partial charge in [-0.2, -0.15) is 0 Å². The van der Waals surface area contributed by atoms with E-state index in [1.165, 1.54) is 0 Å². The first-order valence-electron chi connectivity index (χ1n) is 8.18. The summed E-state index contributed by atoms with van der Waals surface area (Å²) in [6.07, 6.45) is 0.349. The molecule has 0 aliphatic rings. The van der Waals surface area contributed by atoms with Crippen LogP contribution in [-0.2, 0) is 6.42 Å². The van der Waals surface area contributed by atoms with Gasteiger partial charge in [0, 0.05) is 16.8 Å². The van der Waals surface area contributed by atoms with Crippen LogP contribution in [0, 0.1) is 5.92 Å². The lowest BCUT2D eigenvalue weighted by Gasteiger charge is -2.15. The van der Waals surface area contributed by atoms with Gasteiger partial charge in [0.05, 0.1) is 5.92 Å². The van der Waals surface area contributed by atoms with E-state index in [2.05, 4.69) is 0 Å². The second kappa shape index (κ2) is 7.58. The number of benzene rings is 3. The van der Waals surface area contributed by atoms with Crippen LogP contribution in [0.25, 0.3) is 0 Å². The maximum atomic E-state index is 13.0. The molecular weight excluding hydrogens is 310 g/mol. The van der Waals surface area contributed by atoms with Crippen LogP contribution in [0.4, 0.5) is 5.69 Å². The first-order valence-corrected chi connectivity index (χ1v) is 8.18. The Bertz CT molecular complexity index is 804. The van der Waals surface area contributed by atoms with Crippen molar-refractivity contribution in [2.45, 2.75) is 6.42 Å². The molecule has 0 spiro atoms. The topological polar surface area (TPSA) is 60.2 Å². The minimum absolute atomic E-state index is 0.161. The van der Waals surface area contributed by atoms with Gasteiger partial charge in [0.2, 0.25) is 0 Å². The van der Waals surface area contributed by atoms with Crippen LogP contribution >= 0.6 is 0 Å². The van der Waals surface area contributed by atoms with Crippen LogP contribution < -0.4 is 5.73 Å². The van der Waals surface area contributed by atoms with E-state index in [-0.39, 0.29) is 11.6 Å². The molecule has 25 heavy (non-hydrogen) atoms. The monoisotopic (exact) mass is 329 g/mol. The molecule has 0 amide bonds. The molecule has 2 N–H and O–H groups in total. The van der Waals surface area contributed by atoms with Gasteiger partial charge in [-0.1, -0.05) is 72.8 Å². The Kier molecular flexibility index (Phi) is 5.05. The summed E-state index contributed by atoms with van der Waals surface area (Å²) in [7, 11) is 0. The summed E-state index contributed by atoms with van der Waals surface area (Å²) < 4.78 is 0. The maximum absolute atomic E-state index is 13.0. The Labute approximate surface area is 147 Å². The first-order chi connectivity index (χ1) is 12.1. The third kappa shape index (κ3) is 4.01. The summed E-state index contributed by atoms with van der Waals surface area (Å²) in [6.45, 7) is 0. The van der Waals surface area contributed by atoms with Gasteiger partial charge in [0.1, 0.15) is 0 Å². The molecule has 0 aromatic heterocycles. The van der Waals surface area contributed by atoms with Crippen molar-refractivity contribution in [1.82, 2.24) is 0 Å². The number of carbonyl (C=O) groups is 2. The van der Waals surface area contributed by atoms with Crippen LogP contribution in [0.5, 0.6) is 0 Å². The molecule has 3 aromatic carbocycles. The van der Waals surface area contributed by atoms with Crippen LogP contribution in [0.2, 0.25) is 0 Å². The number of anilines is 1. The molecule has 3 aromatic rings. The van der Waals surface area contributed by atoms with Crippen molar-refractivity contribution >= 4 is 17.3 Å². The molecule has 3 rings (SSSR count). The van der Waals surface area contributed by atoms with Gasteiger partial charge in [0.25, 0.3) is 0 Å². The molecule has 0 bridgehead atoms. The smallest absolute Gasteiger partial charge is 0.174 e. The number of Topliss-reactive ketones (excluding diaryl/α,β-unsaturated/α-hetero) is 2. The van der Waals surface area contributed by atoms with Crippen molar-refractivity contribution in [2.24, 2.45) is 5.92 Å². The fourth-order valence-corrected chi connectivity index (χ4v) is 2.80. The molecular formula is C22H19NO2. The van der Waals surface area contributed by atoms with E-state index in [9.17, 15) is 9.59 Å². The minimum Gasteiger partial charge on any atom is -0.399 e. The summed E-state index contributed by atoms with van der Waals surface area (Å²) in [6, 6.07) is 25.2. The highest BCUT2D eigenvalue weighted by Gasteiger charge is 2.28. The lowest BCUT2D eigenvalue weighted by Crippen LogP contribution is -2.26. The van der Waals surface area contributed by atoms with Gasteiger partial charge >= 0.3 is 0 Å². The third-order valence-electron chi connectivity index (χ3n) is 4.17. The summed E-state index contributed by atoms with van der Waals surface area (Å²) in [5.74, 6) is -1.08. The molecule has 124 valence electrons. The van der Waals surface area contributed by atoms with Crippen molar-refractivity contribution < 1.29 is 9.59 Å². The van der Waals surface area contributed by atoms with E-state index in [1.54, 1.807) is 60.7 Å². The Hall–Kier alpha value is -3.20. The zero-order chi connectivity index (χ0) is 17.6. The van der Waals surface area contributed by atoms with Gasteiger partial charge in [-0.3, -0.25) is 9.59 Å². The van der Waals surface area contributed by atoms with E-state index in [0.717, 1.165) is 5.56 Å². The number of carbonyl (C=O) groups excluding carboxylic acids is 2. The molecule has 0 radical (unpaired) electrons. The lowest BCUT2D eigenvalue weighted by molar-refractivity contribution is 0.0806. The van der Waals surface area contributed by atoms with Crippen LogP contribution in [0.1, 0.15) is 26.3 Å². The fourth-order valence-electron chi connectivity index (χ4n) is 2.80. The van der Waals surface area contributed by atoms with Crippen LogP contribution in [0.15, 0.2) is 84.9 Å². The highest BCUT2D eigenvalue weighted by molar-refractivity contribution is 6.16. The fraction of sp³-hybridized carbons (Fsp3) is 0.0909. The molecule has 0 saturated heterocycles. The summed E-state index contributed by atoms with van der Waals surface area (Å²) >= 11 is 0. The molecule has 0 aliphatic carbocycles. The van der Waals surface area contributed by atoms with Crippen molar-refractivity contribution in [3.8, 4) is 0 Å². The van der Waals surface area contributed by atoms with Gasteiger partial charge in [-0.25, -0.2) is 0 Å². The second-order valence-electron chi connectivity index (χ2n) is 5.96.